The number of carbonyl (C=O) groups excluding carboxylic acids is 1. The minimum Gasteiger partial charge on any atom is -0.358 e. The van der Waals surface area contributed by atoms with E-state index in [1.807, 2.05) is 0 Å². The number of nitro groups is 1. The Morgan fingerprint density at radius 2 is 2.07 bits per heavy atom. The van der Waals surface area contributed by atoms with Crippen molar-refractivity contribution in [1.82, 2.24) is 24.5 Å². The van der Waals surface area contributed by atoms with Crippen molar-refractivity contribution in [3.63, 3.8) is 0 Å². The normalized spacial score (nSPS) is 12.0. The van der Waals surface area contributed by atoms with Crippen LogP contribution < -0.4 is 5.32 Å². The Kier molecular flexibility index (Phi) is 6.14. The Hall–Kier alpha value is -2.98. The molecular formula is C17H17Cl2N7O3. The molecule has 152 valence electrons. The summed E-state index contributed by atoms with van der Waals surface area (Å²) in [6.07, 6.45) is 1.85. The number of hydrogen-bond acceptors (Lipinski definition) is 6. The summed E-state index contributed by atoms with van der Waals surface area (Å²) < 4.78 is 2.85. The fraction of sp³-hybridized carbons (Fsp3) is 0.294. The third-order valence-electron chi connectivity index (χ3n) is 4.20. The Morgan fingerprint density at radius 3 is 2.69 bits per heavy atom. The third kappa shape index (κ3) is 4.72. The number of amides is 1. The highest BCUT2D eigenvalue weighted by molar-refractivity contribution is 6.35. The molecule has 3 aromatic rings. The summed E-state index contributed by atoms with van der Waals surface area (Å²) >= 11 is 12.1. The smallest absolute Gasteiger partial charge is 0.358 e. The largest absolute Gasteiger partial charge is 0.390 e. The number of halogens is 2. The molecular weight excluding hydrogens is 421 g/mol. The highest BCUT2D eigenvalue weighted by Crippen LogP contribution is 2.22. The van der Waals surface area contributed by atoms with Gasteiger partial charge < -0.3 is 10.1 Å². The van der Waals surface area contributed by atoms with Crippen LogP contribution in [-0.4, -0.2) is 35.4 Å². The van der Waals surface area contributed by atoms with Crippen LogP contribution in [0.1, 0.15) is 30.6 Å². The second-order valence-corrected chi connectivity index (χ2v) is 7.10. The molecule has 1 atom stereocenters. The van der Waals surface area contributed by atoms with Crippen LogP contribution in [0.5, 0.6) is 0 Å². The fourth-order valence-electron chi connectivity index (χ4n) is 2.79. The molecule has 12 heteroatoms. The van der Waals surface area contributed by atoms with Crippen LogP contribution in [0.4, 0.5) is 11.8 Å². The van der Waals surface area contributed by atoms with Gasteiger partial charge in [0.05, 0.1) is 23.4 Å². The lowest BCUT2D eigenvalue weighted by atomic mass is 10.2. The van der Waals surface area contributed by atoms with Crippen molar-refractivity contribution in [3.05, 3.63) is 62.0 Å². The lowest BCUT2D eigenvalue weighted by Gasteiger charge is -2.12. The summed E-state index contributed by atoms with van der Waals surface area (Å²) in [4.78, 5) is 27.1. The minimum absolute atomic E-state index is 0.109. The zero-order valence-corrected chi connectivity index (χ0v) is 17.1. The quantitative estimate of drug-likeness (QED) is 0.444. The van der Waals surface area contributed by atoms with Gasteiger partial charge in [-0.1, -0.05) is 36.2 Å². The molecule has 0 spiro atoms. The SMILES string of the molecule is CCC(C(=O)Nc1ncn(Cc2ccc(Cl)cc2Cl)n1)n1nc([N+](=O)[O-])cc1C. The van der Waals surface area contributed by atoms with E-state index >= 15 is 0 Å². The molecule has 2 heterocycles. The van der Waals surface area contributed by atoms with Crippen molar-refractivity contribution < 1.29 is 9.72 Å². The monoisotopic (exact) mass is 437 g/mol. The van der Waals surface area contributed by atoms with Gasteiger partial charge in [0.25, 0.3) is 5.91 Å². The number of rotatable bonds is 7. The Balaban J connectivity index is 1.72. The highest BCUT2D eigenvalue weighted by Gasteiger charge is 2.27. The Bertz CT molecular complexity index is 1060. The van der Waals surface area contributed by atoms with E-state index in [0.717, 1.165) is 5.56 Å². The van der Waals surface area contributed by atoms with Gasteiger partial charge in [0.15, 0.2) is 6.04 Å². The van der Waals surface area contributed by atoms with Crippen LogP contribution >= 0.6 is 23.2 Å². The molecule has 29 heavy (non-hydrogen) atoms. The van der Waals surface area contributed by atoms with Crippen LogP contribution in [0, 0.1) is 17.0 Å². The predicted octanol–water partition coefficient (Wildman–Crippen LogP) is 3.64. The van der Waals surface area contributed by atoms with Gasteiger partial charge in [0, 0.05) is 10.0 Å². The number of anilines is 1. The molecule has 0 aliphatic heterocycles. The van der Waals surface area contributed by atoms with Crippen LogP contribution in [0.2, 0.25) is 10.0 Å². The molecule has 0 bridgehead atoms. The molecule has 0 aliphatic carbocycles. The van der Waals surface area contributed by atoms with E-state index in [9.17, 15) is 14.9 Å². The lowest BCUT2D eigenvalue weighted by Crippen LogP contribution is -2.27. The number of aromatic nitrogens is 5. The first-order valence-corrected chi connectivity index (χ1v) is 9.38. The number of aryl methyl sites for hydroxylation is 1. The average Bonchev–Trinajstić information content (AvgIpc) is 3.25. The van der Waals surface area contributed by atoms with E-state index in [0.29, 0.717) is 28.7 Å². The first kappa shape index (κ1) is 20.7. The maximum atomic E-state index is 12.7. The van der Waals surface area contributed by atoms with Gasteiger partial charge in [0.1, 0.15) is 6.33 Å². The summed E-state index contributed by atoms with van der Waals surface area (Å²) in [7, 11) is 0. The van der Waals surface area contributed by atoms with Crippen molar-refractivity contribution in [2.45, 2.75) is 32.9 Å². The van der Waals surface area contributed by atoms with E-state index in [1.54, 1.807) is 32.0 Å². The van der Waals surface area contributed by atoms with Gasteiger partial charge in [-0.3, -0.25) is 10.1 Å². The predicted molar refractivity (Wildman–Crippen MR) is 107 cm³/mol. The summed E-state index contributed by atoms with van der Waals surface area (Å²) in [6.45, 7) is 3.78. The zero-order chi connectivity index (χ0) is 21.1. The van der Waals surface area contributed by atoms with E-state index in [1.165, 1.54) is 21.8 Å². The van der Waals surface area contributed by atoms with Gasteiger partial charge >= 0.3 is 5.82 Å². The maximum absolute atomic E-state index is 12.7. The molecule has 3 rings (SSSR count). The first-order valence-electron chi connectivity index (χ1n) is 8.63. The third-order valence-corrected chi connectivity index (χ3v) is 4.79. The summed E-state index contributed by atoms with van der Waals surface area (Å²) in [5.41, 5.74) is 1.30. The maximum Gasteiger partial charge on any atom is 0.390 e. The second kappa shape index (κ2) is 8.58. The standard InChI is InChI=1S/C17H17Cl2N7O3/c1-3-14(25-10(2)6-15(22-25)26(28)29)16(27)21-17-20-9-24(23-17)8-11-4-5-12(18)7-13(11)19/h4-7,9,14H,3,8H2,1-2H3,(H,21,23,27). The number of nitrogens with one attached hydrogen (secondary N) is 1. The number of benzene rings is 1. The topological polar surface area (TPSA) is 121 Å². The molecule has 1 N–H and O–H groups in total. The summed E-state index contributed by atoms with van der Waals surface area (Å²) in [5, 5.41) is 22.7. The average molecular weight is 438 g/mol. The molecule has 0 saturated carbocycles. The molecule has 2 aromatic heterocycles. The molecule has 1 unspecified atom stereocenters. The molecule has 0 radical (unpaired) electrons. The van der Waals surface area contributed by atoms with E-state index in [4.69, 9.17) is 23.2 Å². The van der Waals surface area contributed by atoms with Crippen LogP contribution in [0.15, 0.2) is 30.6 Å². The molecule has 10 nitrogen and oxygen atoms in total. The van der Waals surface area contributed by atoms with E-state index in [2.05, 4.69) is 20.5 Å². The fourth-order valence-corrected chi connectivity index (χ4v) is 3.26. The van der Waals surface area contributed by atoms with Gasteiger partial charge in [0.2, 0.25) is 5.95 Å². The van der Waals surface area contributed by atoms with Crippen LogP contribution in [-0.2, 0) is 11.3 Å². The number of hydrogen-bond donors (Lipinski definition) is 1. The van der Waals surface area contributed by atoms with E-state index in [-0.39, 0.29) is 11.8 Å². The van der Waals surface area contributed by atoms with Gasteiger partial charge in [-0.25, -0.2) is 9.67 Å². The highest BCUT2D eigenvalue weighted by atomic mass is 35.5. The lowest BCUT2D eigenvalue weighted by molar-refractivity contribution is -0.389. The Morgan fingerprint density at radius 1 is 1.31 bits per heavy atom. The second-order valence-electron chi connectivity index (χ2n) is 6.26. The van der Waals surface area contributed by atoms with Gasteiger partial charge in [-0.05, 0) is 36.0 Å². The number of carbonyl (C=O) groups is 1. The minimum atomic E-state index is -0.735. The summed E-state index contributed by atoms with van der Waals surface area (Å²) in [6, 6.07) is 5.72. The zero-order valence-electron chi connectivity index (χ0n) is 15.5. The molecule has 1 aromatic carbocycles. The van der Waals surface area contributed by atoms with Crippen LogP contribution in [0.25, 0.3) is 0 Å². The first-order chi connectivity index (χ1) is 13.8. The van der Waals surface area contributed by atoms with Crippen molar-refractivity contribution in [2.75, 3.05) is 5.32 Å². The van der Waals surface area contributed by atoms with Crippen LogP contribution in [0.3, 0.4) is 0 Å². The molecule has 0 fully saturated rings. The number of nitrogens with zero attached hydrogens (tertiary/aromatic N) is 6. The van der Waals surface area contributed by atoms with Gasteiger partial charge in [-0.2, -0.15) is 4.68 Å². The van der Waals surface area contributed by atoms with Gasteiger partial charge in [-0.15, -0.1) is 5.10 Å². The Labute approximate surface area is 175 Å². The van der Waals surface area contributed by atoms with Crippen molar-refractivity contribution >= 4 is 40.9 Å². The van der Waals surface area contributed by atoms with Crippen molar-refractivity contribution in [3.8, 4) is 0 Å². The molecule has 1 amide bonds. The van der Waals surface area contributed by atoms with Crippen molar-refractivity contribution in [2.24, 2.45) is 0 Å². The van der Waals surface area contributed by atoms with Crippen molar-refractivity contribution in [1.29, 1.82) is 0 Å². The van der Waals surface area contributed by atoms with E-state index < -0.39 is 16.9 Å². The molecule has 0 aliphatic rings. The summed E-state index contributed by atoms with van der Waals surface area (Å²) in [5.74, 6) is -0.621. The molecule has 0 saturated heterocycles.